The molecule has 148 valence electrons. The van der Waals surface area contributed by atoms with Crippen LogP contribution < -0.4 is 10.1 Å². The minimum Gasteiger partial charge on any atom is -0.493 e. The lowest BCUT2D eigenvalue weighted by Gasteiger charge is -2.10. The molecule has 3 aromatic rings. The van der Waals surface area contributed by atoms with Gasteiger partial charge < -0.3 is 15.2 Å². The predicted molar refractivity (Wildman–Crippen MR) is 104 cm³/mol. The maximum atomic E-state index is 13.4. The van der Waals surface area contributed by atoms with Gasteiger partial charge in [-0.3, -0.25) is 9.78 Å². The van der Waals surface area contributed by atoms with E-state index >= 15 is 0 Å². The van der Waals surface area contributed by atoms with E-state index in [0.717, 1.165) is 23.2 Å². The molecule has 1 aromatic carbocycles. The van der Waals surface area contributed by atoms with Crippen molar-refractivity contribution in [2.75, 3.05) is 20.2 Å². The molecule has 0 radical (unpaired) electrons. The van der Waals surface area contributed by atoms with Crippen molar-refractivity contribution in [2.24, 2.45) is 0 Å². The van der Waals surface area contributed by atoms with Crippen molar-refractivity contribution in [3.8, 4) is 5.75 Å². The van der Waals surface area contributed by atoms with Crippen LogP contribution in [0, 0.1) is 0 Å². The topological polar surface area (TPSA) is 111 Å². The van der Waals surface area contributed by atoms with Gasteiger partial charge in [0.05, 0.1) is 22.5 Å². The van der Waals surface area contributed by atoms with Crippen LogP contribution in [-0.4, -0.2) is 49.2 Å². The van der Waals surface area contributed by atoms with E-state index in [-0.39, 0.29) is 6.47 Å². The fraction of sp³-hybridized carbons (Fsp3) is 0.263. The number of carbonyl (C=O) groups is 1. The quantitative estimate of drug-likeness (QED) is 0.624. The molecule has 2 N–H and O–H groups in total. The average molecular weight is 403 g/mol. The molecule has 9 heteroatoms. The third-order valence-corrected chi connectivity index (χ3v) is 6.24. The van der Waals surface area contributed by atoms with Gasteiger partial charge in [0.15, 0.2) is 0 Å². The van der Waals surface area contributed by atoms with E-state index in [2.05, 4.69) is 10.3 Å². The second kappa shape index (κ2) is 8.41. The summed E-state index contributed by atoms with van der Waals surface area (Å²) in [7, 11) is -1.85. The standard InChI is InChI=1S/C18H19N3O3S.CH2O2/c1-19-10-7-13-12-21(15-4-3-9-20-18(13)15)25(22,23)17-6-2-5-16-14(17)8-11-24-16;2-1-3/h2-6,9,12,19H,7-8,10-11H2,1H3;1H,(H,2,3). The van der Waals surface area contributed by atoms with Gasteiger partial charge in [-0.25, -0.2) is 12.4 Å². The minimum atomic E-state index is -3.72. The number of nitrogens with one attached hydrogen (secondary N) is 1. The summed E-state index contributed by atoms with van der Waals surface area (Å²) in [5.41, 5.74) is 3.00. The van der Waals surface area contributed by atoms with Gasteiger partial charge in [0.25, 0.3) is 16.5 Å². The molecule has 2 aromatic heterocycles. The number of benzene rings is 1. The van der Waals surface area contributed by atoms with Crippen LogP contribution in [0.2, 0.25) is 0 Å². The summed E-state index contributed by atoms with van der Waals surface area (Å²) in [6.07, 6.45) is 4.70. The van der Waals surface area contributed by atoms with Crippen LogP contribution in [0.1, 0.15) is 11.1 Å². The molecule has 0 amide bonds. The second-order valence-corrected chi connectivity index (χ2v) is 7.90. The lowest BCUT2D eigenvalue weighted by atomic mass is 10.2. The Morgan fingerprint density at radius 1 is 1.32 bits per heavy atom. The summed E-state index contributed by atoms with van der Waals surface area (Å²) < 4.78 is 33.6. The number of nitrogens with zero attached hydrogens (tertiary/aromatic N) is 2. The number of aromatic nitrogens is 2. The van der Waals surface area contributed by atoms with Crippen LogP contribution in [-0.2, 0) is 27.7 Å². The van der Waals surface area contributed by atoms with Crippen molar-refractivity contribution in [3.05, 3.63) is 53.9 Å². The van der Waals surface area contributed by atoms with E-state index in [1.165, 1.54) is 3.97 Å². The number of rotatable bonds is 5. The molecule has 28 heavy (non-hydrogen) atoms. The van der Waals surface area contributed by atoms with E-state index in [1.54, 1.807) is 36.7 Å². The van der Waals surface area contributed by atoms with E-state index in [9.17, 15) is 8.42 Å². The van der Waals surface area contributed by atoms with Crippen molar-refractivity contribution in [1.29, 1.82) is 0 Å². The lowest BCUT2D eigenvalue weighted by molar-refractivity contribution is -0.122. The molecule has 0 saturated carbocycles. The van der Waals surface area contributed by atoms with E-state index in [1.807, 2.05) is 13.1 Å². The fourth-order valence-electron chi connectivity index (χ4n) is 3.27. The Balaban J connectivity index is 0.000000706. The van der Waals surface area contributed by atoms with Gasteiger partial charge in [0.1, 0.15) is 5.75 Å². The lowest BCUT2D eigenvalue weighted by Crippen LogP contribution is -2.14. The summed E-state index contributed by atoms with van der Waals surface area (Å²) in [6, 6.07) is 8.74. The zero-order chi connectivity index (χ0) is 20.1. The van der Waals surface area contributed by atoms with Crippen LogP contribution >= 0.6 is 0 Å². The molecule has 0 fully saturated rings. The smallest absolute Gasteiger partial charge is 0.290 e. The number of likely N-dealkylation sites (N-methyl/N-ethyl adjacent to an activating group) is 1. The zero-order valence-corrected chi connectivity index (χ0v) is 16.1. The monoisotopic (exact) mass is 403 g/mol. The molecule has 4 rings (SSSR count). The largest absolute Gasteiger partial charge is 0.493 e. The normalized spacial score (nSPS) is 12.8. The van der Waals surface area contributed by atoms with Crippen molar-refractivity contribution < 1.29 is 23.1 Å². The zero-order valence-electron chi connectivity index (χ0n) is 15.3. The third kappa shape index (κ3) is 3.58. The van der Waals surface area contributed by atoms with Gasteiger partial charge in [0, 0.05) is 24.4 Å². The van der Waals surface area contributed by atoms with Crippen LogP contribution in [0.25, 0.3) is 11.0 Å². The van der Waals surface area contributed by atoms with Crippen molar-refractivity contribution >= 4 is 27.5 Å². The Labute approximate surface area is 162 Å². The molecule has 3 heterocycles. The summed E-state index contributed by atoms with van der Waals surface area (Å²) in [6.45, 7) is 1.02. The van der Waals surface area contributed by atoms with Crippen LogP contribution in [0.3, 0.4) is 0 Å². The first kappa shape index (κ1) is 19.8. The predicted octanol–water partition coefficient (Wildman–Crippen LogP) is 1.67. The third-order valence-electron chi connectivity index (χ3n) is 4.48. The van der Waals surface area contributed by atoms with Gasteiger partial charge in [-0.05, 0) is 49.8 Å². The van der Waals surface area contributed by atoms with Crippen molar-refractivity contribution in [3.63, 3.8) is 0 Å². The minimum absolute atomic E-state index is 0.250. The van der Waals surface area contributed by atoms with E-state index in [0.29, 0.717) is 35.6 Å². The maximum Gasteiger partial charge on any atom is 0.290 e. The molecule has 8 nitrogen and oxygen atoms in total. The summed E-state index contributed by atoms with van der Waals surface area (Å²) in [5, 5.41) is 9.98. The number of hydrogen-bond donors (Lipinski definition) is 2. The molecule has 0 bridgehead atoms. The van der Waals surface area contributed by atoms with Crippen LogP contribution in [0.15, 0.2) is 47.6 Å². The van der Waals surface area contributed by atoms with Crippen molar-refractivity contribution in [2.45, 2.75) is 17.7 Å². The van der Waals surface area contributed by atoms with E-state index < -0.39 is 10.0 Å². The highest BCUT2D eigenvalue weighted by atomic mass is 32.2. The fourth-order valence-corrected chi connectivity index (χ4v) is 4.92. The second-order valence-electron chi connectivity index (χ2n) is 6.12. The molecule has 0 aliphatic carbocycles. The van der Waals surface area contributed by atoms with Gasteiger partial charge >= 0.3 is 0 Å². The summed E-state index contributed by atoms with van der Waals surface area (Å²) in [4.78, 5) is 13.1. The first-order chi connectivity index (χ1) is 13.5. The average Bonchev–Trinajstić information content (AvgIpc) is 3.31. The molecule has 1 aliphatic heterocycles. The summed E-state index contributed by atoms with van der Waals surface area (Å²) in [5.74, 6) is 0.658. The highest BCUT2D eigenvalue weighted by Gasteiger charge is 2.27. The Bertz CT molecular complexity index is 1090. The Morgan fingerprint density at radius 3 is 2.86 bits per heavy atom. The Hall–Kier alpha value is -2.91. The molecule has 1 aliphatic rings. The molecular formula is C19H21N3O5S. The van der Waals surface area contributed by atoms with Gasteiger partial charge in [0.2, 0.25) is 0 Å². The number of carboxylic acid groups (broad SMARTS) is 1. The number of fused-ring (bicyclic) bond motifs is 2. The SMILES string of the molecule is CNCCc1cn(S(=O)(=O)c2cccc3c2CCO3)c2cccnc12.O=CO. The first-order valence-electron chi connectivity index (χ1n) is 8.72. The van der Waals surface area contributed by atoms with Gasteiger partial charge in [-0.1, -0.05) is 6.07 Å². The van der Waals surface area contributed by atoms with Crippen LogP contribution in [0.4, 0.5) is 0 Å². The highest BCUT2D eigenvalue weighted by molar-refractivity contribution is 7.90. The maximum absolute atomic E-state index is 13.4. The summed E-state index contributed by atoms with van der Waals surface area (Å²) >= 11 is 0. The molecule has 0 unspecified atom stereocenters. The van der Waals surface area contributed by atoms with Gasteiger partial charge in [-0.2, -0.15) is 0 Å². The van der Waals surface area contributed by atoms with Gasteiger partial charge in [-0.15, -0.1) is 0 Å². The Morgan fingerprint density at radius 2 is 2.11 bits per heavy atom. The highest BCUT2D eigenvalue weighted by Crippen LogP contribution is 2.33. The Kier molecular flexibility index (Phi) is 5.96. The number of pyridine rings is 1. The number of hydrogen-bond acceptors (Lipinski definition) is 6. The molecule has 0 saturated heterocycles. The first-order valence-corrected chi connectivity index (χ1v) is 10.2. The molecule has 0 spiro atoms. The van der Waals surface area contributed by atoms with Crippen molar-refractivity contribution in [1.82, 2.24) is 14.3 Å². The number of ether oxygens (including phenoxy) is 1. The van der Waals surface area contributed by atoms with Crippen LogP contribution in [0.5, 0.6) is 5.75 Å². The molecule has 0 atom stereocenters. The molecular weight excluding hydrogens is 382 g/mol. The van der Waals surface area contributed by atoms with E-state index in [4.69, 9.17) is 14.6 Å².